The van der Waals surface area contributed by atoms with Gasteiger partial charge in [-0.15, -0.1) is 0 Å². The van der Waals surface area contributed by atoms with Crippen LogP contribution in [-0.4, -0.2) is 5.16 Å². The molecule has 0 fully saturated rings. The van der Waals surface area contributed by atoms with E-state index < -0.39 is 0 Å². The van der Waals surface area contributed by atoms with E-state index in [0.29, 0.717) is 11.5 Å². The second kappa shape index (κ2) is 6.36. The fraction of sp³-hybridized carbons (Fsp3) is 0.0455. The van der Waals surface area contributed by atoms with Crippen molar-refractivity contribution in [2.75, 3.05) is 0 Å². The number of nitrogens with zero attached hydrogens (tertiary/aromatic N) is 1. The molecule has 25 heavy (non-hydrogen) atoms. The number of hydrogen-bond donors (Lipinski definition) is 0. The molecule has 4 aromatic rings. The van der Waals surface area contributed by atoms with Crippen molar-refractivity contribution in [1.82, 2.24) is 5.16 Å². The Morgan fingerprint density at radius 3 is 2.04 bits per heavy atom. The van der Waals surface area contributed by atoms with Crippen molar-refractivity contribution in [2.24, 2.45) is 0 Å². The van der Waals surface area contributed by atoms with Crippen LogP contribution in [0.2, 0.25) is 0 Å². The van der Waals surface area contributed by atoms with Gasteiger partial charge in [-0.3, -0.25) is 0 Å². The first-order valence-electron chi connectivity index (χ1n) is 8.10. The Balaban J connectivity index is 1.94. The number of hydrogen-bond acceptors (Lipinski definition) is 2. The summed E-state index contributed by atoms with van der Waals surface area (Å²) in [5.41, 5.74) is 5.60. The van der Waals surface area contributed by atoms with Gasteiger partial charge >= 0.3 is 0 Å². The minimum atomic E-state index is -0.271. The van der Waals surface area contributed by atoms with E-state index in [1.165, 1.54) is 17.7 Å². The summed E-state index contributed by atoms with van der Waals surface area (Å²) in [5.74, 6) is 0.442. The Morgan fingerprint density at radius 2 is 1.36 bits per heavy atom. The molecule has 2 nitrogen and oxygen atoms in total. The van der Waals surface area contributed by atoms with E-state index in [0.717, 1.165) is 22.3 Å². The molecule has 0 aliphatic carbocycles. The van der Waals surface area contributed by atoms with E-state index in [4.69, 9.17) is 4.52 Å². The predicted molar refractivity (Wildman–Crippen MR) is 97.5 cm³/mol. The lowest BCUT2D eigenvalue weighted by Gasteiger charge is -2.05. The molecule has 0 spiro atoms. The van der Waals surface area contributed by atoms with Gasteiger partial charge in [0.1, 0.15) is 11.5 Å². The molecule has 1 aromatic heterocycles. The van der Waals surface area contributed by atoms with Crippen LogP contribution in [0.25, 0.3) is 33.7 Å². The summed E-state index contributed by atoms with van der Waals surface area (Å²) in [6.45, 7) is 2.05. The Hall–Kier alpha value is -3.20. The van der Waals surface area contributed by atoms with E-state index in [2.05, 4.69) is 5.16 Å². The van der Waals surface area contributed by atoms with Crippen molar-refractivity contribution in [3.63, 3.8) is 0 Å². The van der Waals surface area contributed by atoms with Crippen molar-refractivity contribution in [2.45, 2.75) is 6.92 Å². The fourth-order valence-corrected chi connectivity index (χ4v) is 2.87. The molecule has 0 N–H and O–H groups in total. The molecular formula is C22H16FNO. The molecule has 0 amide bonds. The average Bonchev–Trinajstić information content (AvgIpc) is 3.09. The zero-order valence-electron chi connectivity index (χ0n) is 13.7. The van der Waals surface area contributed by atoms with Crippen LogP contribution in [0.5, 0.6) is 0 Å². The average molecular weight is 329 g/mol. The van der Waals surface area contributed by atoms with Crippen molar-refractivity contribution < 1.29 is 8.91 Å². The molecule has 4 rings (SSSR count). The normalized spacial score (nSPS) is 10.8. The molecule has 3 heteroatoms. The number of rotatable bonds is 3. The van der Waals surface area contributed by atoms with Crippen LogP contribution < -0.4 is 0 Å². The lowest BCUT2D eigenvalue weighted by atomic mass is 9.96. The summed E-state index contributed by atoms with van der Waals surface area (Å²) in [4.78, 5) is 0. The molecule has 122 valence electrons. The highest BCUT2D eigenvalue weighted by molar-refractivity contribution is 5.90. The van der Waals surface area contributed by atoms with Gasteiger partial charge in [0, 0.05) is 11.1 Å². The van der Waals surface area contributed by atoms with Crippen LogP contribution in [-0.2, 0) is 0 Å². The molecule has 0 radical (unpaired) electrons. The summed E-state index contributed by atoms with van der Waals surface area (Å²) in [5, 5.41) is 4.29. The van der Waals surface area contributed by atoms with Gasteiger partial charge in [0.05, 0.1) is 5.56 Å². The second-order valence-corrected chi connectivity index (χ2v) is 5.97. The minimum Gasteiger partial charge on any atom is -0.355 e. The van der Waals surface area contributed by atoms with Crippen LogP contribution in [0.3, 0.4) is 0 Å². The Kier molecular flexibility index (Phi) is 3.90. The highest BCUT2D eigenvalue weighted by Crippen LogP contribution is 2.39. The van der Waals surface area contributed by atoms with Gasteiger partial charge in [0.25, 0.3) is 0 Å². The van der Waals surface area contributed by atoms with Crippen LogP contribution in [0, 0.1) is 12.7 Å². The van der Waals surface area contributed by atoms with Gasteiger partial charge in [0.2, 0.25) is 0 Å². The third-order valence-corrected chi connectivity index (χ3v) is 4.19. The zero-order valence-corrected chi connectivity index (χ0v) is 13.7. The summed E-state index contributed by atoms with van der Waals surface area (Å²) in [7, 11) is 0. The lowest BCUT2D eigenvalue weighted by Crippen LogP contribution is -1.85. The van der Waals surface area contributed by atoms with Crippen LogP contribution in [0.1, 0.15) is 5.56 Å². The summed E-state index contributed by atoms with van der Waals surface area (Å²) < 4.78 is 19.0. The van der Waals surface area contributed by atoms with Gasteiger partial charge in [-0.1, -0.05) is 65.3 Å². The number of aromatic nitrogens is 1. The van der Waals surface area contributed by atoms with Crippen LogP contribution >= 0.6 is 0 Å². The van der Waals surface area contributed by atoms with Gasteiger partial charge in [0.15, 0.2) is 5.76 Å². The third-order valence-electron chi connectivity index (χ3n) is 4.19. The first kappa shape index (κ1) is 15.3. The quantitative estimate of drug-likeness (QED) is 0.452. The van der Waals surface area contributed by atoms with Crippen LogP contribution in [0.4, 0.5) is 4.39 Å². The molecule has 0 atom stereocenters. The first-order valence-corrected chi connectivity index (χ1v) is 8.10. The molecule has 3 aromatic carbocycles. The van der Waals surface area contributed by atoms with Crippen molar-refractivity contribution >= 4 is 0 Å². The molecule has 0 unspecified atom stereocenters. The minimum absolute atomic E-state index is 0.271. The monoisotopic (exact) mass is 329 g/mol. The molecular weight excluding hydrogens is 313 g/mol. The maximum atomic E-state index is 13.3. The number of halogens is 1. The second-order valence-electron chi connectivity index (χ2n) is 5.97. The topological polar surface area (TPSA) is 26.0 Å². The maximum absolute atomic E-state index is 13.3. The van der Waals surface area contributed by atoms with Crippen molar-refractivity contribution in [3.05, 3.63) is 90.2 Å². The highest BCUT2D eigenvalue weighted by Gasteiger charge is 2.20. The van der Waals surface area contributed by atoms with E-state index in [9.17, 15) is 4.39 Å². The maximum Gasteiger partial charge on any atom is 0.175 e. The first-order chi connectivity index (χ1) is 12.2. The summed E-state index contributed by atoms with van der Waals surface area (Å²) >= 11 is 0. The highest BCUT2D eigenvalue weighted by atomic mass is 19.1. The third kappa shape index (κ3) is 2.96. The number of benzene rings is 3. The molecule has 0 saturated heterocycles. The SMILES string of the molecule is Cc1ccc(-c2onc(-c3ccc(F)cc3)c2-c2ccccc2)cc1. The van der Waals surface area contributed by atoms with E-state index >= 15 is 0 Å². The lowest BCUT2D eigenvalue weighted by molar-refractivity contribution is 0.435. The molecule has 0 aliphatic heterocycles. The van der Waals surface area contributed by atoms with Gasteiger partial charge < -0.3 is 4.52 Å². The van der Waals surface area contributed by atoms with E-state index in [1.807, 2.05) is 61.5 Å². The summed E-state index contributed by atoms with van der Waals surface area (Å²) in [6, 6.07) is 24.4. The molecule has 0 aliphatic rings. The fourth-order valence-electron chi connectivity index (χ4n) is 2.87. The Labute approximate surface area is 145 Å². The van der Waals surface area contributed by atoms with Gasteiger partial charge in [-0.05, 0) is 36.8 Å². The van der Waals surface area contributed by atoms with E-state index in [-0.39, 0.29) is 5.82 Å². The van der Waals surface area contributed by atoms with Gasteiger partial charge in [-0.25, -0.2) is 4.39 Å². The largest absolute Gasteiger partial charge is 0.355 e. The van der Waals surface area contributed by atoms with Gasteiger partial charge in [-0.2, -0.15) is 0 Å². The van der Waals surface area contributed by atoms with E-state index in [1.54, 1.807) is 12.1 Å². The Bertz CT molecular complexity index is 924. The molecule has 0 saturated carbocycles. The summed E-state index contributed by atoms with van der Waals surface area (Å²) in [6.07, 6.45) is 0. The zero-order chi connectivity index (χ0) is 17.2. The predicted octanol–water partition coefficient (Wildman–Crippen LogP) is 6.12. The van der Waals surface area contributed by atoms with Crippen molar-refractivity contribution in [3.8, 4) is 33.7 Å². The van der Waals surface area contributed by atoms with Crippen molar-refractivity contribution in [1.29, 1.82) is 0 Å². The number of aryl methyl sites for hydroxylation is 1. The standard InChI is InChI=1S/C22H16FNO/c1-15-7-9-18(10-8-15)22-20(16-5-3-2-4-6-16)21(24-25-22)17-11-13-19(23)14-12-17/h2-14H,1H3. The Morgan fingerprint density at radius 1 is 0.720 bits per heavy atom. The smallest absolute Gasteiger partial charge is 0.175 e. The molecule has 1 heterocycles. The van der Waals surface area contributed by atoms with Crippen LogP contribution in [0.15, 0.2) is 83.4 Å². The molecule has 0 bridgehead atoms.